The van der Waals surface area contributed by atoms with Crippen molar-refractivity contribution < 1.29 is 4.39 Å². The monoisotopic (exact) mass is 507 g/mol. The number of nitrogens with one attached hydrogen (secondary N) is 1. The van der Waals surface area contributed by atoms with Crippen LogP contribution in [0.25, 0.3) is 39.3 Å². The van der Waals surface area contributed by atoms with Crippen LogP contribution in [0.2, 0.25) is 0 Å². The number of nitrogens with zero attached hydrogens (tertiary/aromatic N) is 4. The standard InChI is InChI=1S/C30H30FN7/c31-21-15-13-20(14-16-21)29-28(27-12-6-11-26(23(33)18-32)38(27)37-29)25-17-24(19-7-2-1-3-8-19)35-30(36-25)34-22-9-4-5-10-22/h1-3,6-8,11-17,22-23H,4-5,9-10,18,32-33H2,(H,34,35,36). The van der Waals surface area contributed by atoms with Gasteiger partial charge in [0.25, 0.3) is 0 Å². The summed E-state index contributed by atoms with van der Waals surface area (Å²) in [7, 11) is 0. The molecule has 5 N–H and O–H groups in total. The first-order valence-corrected chi connectivity index (χ1v) is 13.1. The van der Waals surface area contributed by atoms with Crippen molar-refractivity contribution >= 4 is 11.5 Å². The summed E-state index contributed by atoms with van der Waals surface area (Å²) in [5, 5.41) is 8.54. The molecule has 192 valence electrons. The van der Waals surface area contributed by atoms with E-state index >= 15 is 0 Å². The summed E-state index contributed by atoms with van der Waals surface area (Å²) in [6, 6.07) is 24.3. The number of fused-ring (bicyclic) bond motifs is 1. The van der Waals surface area contributed by atoms with Gasteiger partial charge in [-0.05, 0) is 55.3 Å². The second-order valence-electron chi connectivity index (χ2n) is 9.77. The van der Waals surface area contributed by atoms with Crippen LogP contribution in [0.4, 0.5) is 10.3 Å². The molecule has 1 unspecified atom stereocenters. The number of anilines is 1. The number of benzene rings is 2. The van der Waals surface area contributed by atoms with Gasteiger partial charge in [0.2, 0.25) is 5.95 Å². The van der Waals surface area contributed by atoms with Gasteiger partial charge < -0.3 is 16.8 Å². The zero-order valence-electron chi connectivity index (χ0n) is 21.0. The number of halogens is 1. The molecule has 5 aromatic rings. The topological polar surface area (TPSA) is 107 Å². The van der Waals surface area contributed by atoms with Crippen LogP contribution < -0.4 is 16.8 Å². The second-order valence-corrected chi connectivity index (χ2v) is 9.77. The van der Waals surface area contributed by atoms with Crippen molar-refractivity contribution in [2.75, 3.05) is 11.9 Å². The van der Waals surface area contributed by atoms with E-state index in [1.807, 2.05) is 59.1 Å². The lowest BCUT2D eigenvalue weighted by atomic mass is 10.0. The minimum Gasteiger partial charge on any atom is -0.351 e. The molecule has 1 saturated carbocycles. The lowest BCUT2D eigenvalue weighted by Gasteiger charge is -2.15. The van der Waals surface area contributed by atoms with E-state index in [1.54, 1.807) is 12.1 Å². The molecule has 0 spiro atoms. The van der Waals surface area contributed by atoms with Crippen LogP contribution in [-0.2, 0) is 0 Å². The molecular weight excluding hydrogens is 477 g/mol. The first-order chi connectivity index (χ1) is 18.6. The van der Waals surface area contributed by atoms with Crippen molar-refractivity contribution in [3.05, 3.63) is 90.4 Å². The van der Waals surface area contributed by atoms with Crippen molar-refractivity contribution in [1.29, 1.82) is 0 Å². The SMILES string of the molecule is NCC(N)c1cccc2c(-c3cc(-c4ccccc4)nc(NC4CCCC4)n3)c(-c3ccc(F)cc3)nn12. The smallest absolute Gasteiger partial charge is 0.224 e. The maximum absolute atomic E-state index is 13.8. The molecule has 1 fully saturated rings. The van der Waals surface area contributed by atoms with Crippen molar-refractivity contribution in [3.63, 3.8) is 0 Å². The molecule has 0 radical (unpaired) electrons. The molecule has 3 heterocycles. The Hall–Kier alpha value is -4.14. The normalized spacial score (nSPS) is 14.7. The fourth-order valence-electron chi connectivity index (χ4n) is 5.20. The van der Waals surface area contributed by atoms with Crippen LogP contribution in [-0.4, -0.2) is 32.2 Å². The van der Waals surface area contributed by atoms with Gasteiger partial charge in [-0.15, -0.1) is 0 Å². The maximum atomic E-state index is 13.8. The van der Waals surface area contributed by atoms with Crippen LogP contribution in [0.15, 0.2) is 78.9 Å². The molecule has 6 rings (SSSR count). The zero-order valence-corrected chi connectivity index (χ0v) is 21.0. The number of hydrogen-bond acceptors (Lipinski definition) is 6. The molecule has 7 nitrogen and oxygen atoms in total. The van der Waals surface area contributed by atoms with E-state index in [4.69, 9.17) is 26.5 Å². The molecule has 8 heteroatoms. The summed E-state index contributed by atoms with van der Waals surface area (Å²) >= 11 is 0. The van der Waals surface area contributed by atoms with E-state index in [9.17, 15) is 4.39 Å². The second kappa shape index (κ2) is 10.3. The average Bonchev–Trinajstić information content (AvgIpc) is 3.61. The van der Waals surface area contributed by atoms with Gasteiger partial charge in [0.15, 0.2) is 0 Å². The first-order valence-electron chi connectivity index (χ1n) is 13.1. The van der Waals surface area contributed by atoms with Gasteiger partial charge in [-0.1, -0.05) is 49.2 Å². The van der Waals surface area contributed by atoms with Crippen LogP contribution in [0.1, 0.15) is 37.4 Å². The quantitative estimate of drug-likeness (QED) is 0.266. The van der Waals surface area contributed by atoms with E-state index in [0.29, 0.717) is 17.7 Å². The average molecular weight is 508 g/mol. The van der Waals surface area contributed by atoms with Gasteiger partial charge in [-0.25, -0.2) is 18.9 Å². The molecule has 1 aliphatic rings. The van der Waals surface area contributed by atoms with Gasteiger partial charge in [0.05, 0.1) is 34.2 Å². The van der Waals surface area contributed by atoms with Gasteiger partial charge in [-0.3, -0.25) is 0 Å². The number of pyridine rings is 1. The summed E-state index contributed by atoms with van der Waals surface area (Å²) in [5.74, 6) is 0.286. The highest BCUT2D eigenvalue weighted by atomic mass is 19.1. The van der Waals surface area contributed by atoms with Crippen molar-refractivity contribution in [2.24, 2.45) is 11.5 Å². The molecule has 2 aromatic carbocycles. The number of hydrogen-bond donors (Lipinski definition) is 3. The number of aromatic nitrogens is 4. The lowest BCUT2D eigenvalue weighted by molar-refractivity contribution is 0.628. The van der Waals surface area contributed by atoms with Gasteiger partial charge in [0, 0.05) is 23.7 Å². The third kappa shape index (κ3) is 4.64. The maximum Gasteiger partial charge on any atom is 0.224 e. The Morgan fingerprint density at radius 1 is 0.895 bits per heavy atom. The molecule has 0 bridgehead atoms. The molecule has 0 amide bonds. The predicted molar refractivity (Wildman–Crippen MR) is 149 cm³/mol. The third-order valence-corrected chi connectivity index (χ3v) is 7.18. The fourth-order valence-corrected chi connectivity index (χ4v) is 5.20. The Morgan fingerprint density at radius 3 is 2.37 bits per heavy atom. The van der Waals surface area contributed by atoms with E-state index in [2.05, 4.69) is 5.32 Å². The van der Waals surface area contributed by atoms with Crippen molar-refractivity contribution in [1.82, 2.24) is 19.6 Å². The highest BCUT2D eigenvalue weighted by Crippen LogP contribution is 2.37. The molecule has 3 aromatic heterocycles. The van der Waals surface area contributed by atoms with Crippen LogP contribution in [0.5, 0.6) is 0 Å². The molecular formula is C30H30FN7. The molecule has 1 aliphatic carbocycles. The first kappa shape index (κ1) is 24.2. The Kier molecular flexibility index (Phi) is 6.57. The summed E-state index contributed by atoms with van der Waals surface area (Å²) < 4.78 is 15.7. The van der Waals surface area contributed by atoms with Crippen LogP contribution in [0.3, 0.4) is 0 Å². The van der Waals surface area contributed by atoms with Gasteiger partial charge in [0.1, 0.15) is 11.5 Å². The van der Waals surface area contributed by atoms with Crippen LogP contribution >= 0.6 is 0 Å². The predicted octanol–water partition coefficient (Wildman–Crippen LogP) is 5.58. The Bertz CT molecular complexity index is 1560. The summed E-state index contributed by atoms with van der Waals surface area (Å²) in [6.45, 7) is 0.279. The van der Waals surface area contributed by atoms with Crippen LogP contribution in [0, 0.1) is 5.82 Å². The number of nitrogens with two attached hydrogens (primary N) is 2. The zero-order chi connectivity index (χ0) is 26.1. The minimum atomic E-state index is -0.391. The summed E-state index contributed by atoms with van der Waals surface area (Å²) in [5.41, 5.74) is 18.8. The highest BCUT2D eigenvalue weighted by Gasteiger charge is 2.23. The molecule has 0 aliphatic heterocycles. The Labute approximate surface area is 220 Å². The van der Waals surface area contributed by atoms with Crippen molar-refractivity contribution in [2.45, 2.75) is 37.8 Å². The van der Waals surface area contributed by atoms with E-state index in [0.717, 1.165) is 52.1 Å². The minimum absolute atomic E-state index is 0.279. The largest absolute Gasteiger partial charge is 0.351 e. The third-order valence-electron chi connectivity index (χ3n) is 7.18. The lowest BCUT2D eigenvalue weighted by Crippen LogP contribution is -2.23. The van der Waals surface area contributed by atoms with Gasteiger partial charge >= 0.3 is 0 Å². The Balaban J connectivity index is 1.60. The van der Waals surface area contributed by atoms with E-state index in [-0.39, 0.29) is 12.4 Å². The summed E-state index contributed by atoms with van der Waals surface area (Å²) in [4.78, 5) is 9.90. The summed E-state index contributed by atoms with van der Waals surface area (Å²) in [6.07, 6.45) is 4.62. The Morgan fingerprint density at radius 2 is 1.63 bits per heavy atom. The van der Waals surface area contributed by atoms with E-state index in [1.165, 1.54) is 25.0 Å². The highest BCUT2D eigenvalue weighted by molar-refractivity contribution is 5.92. The van der Waals surface area contributed by atoms with E-state index < -0.39 is 6.04 Å². The molecule has 0 saturated heterocycles. The number of rotatable bonds is 7. The molecule has 38 heavy (non-hydrogen) atoms. The van der Waals surface area contributed by atoms with Crippen molar-refractivity contribution in [3.8, 4) is 33.8 Å². The van der Waals surface area contributed by atoms with Gasteiger partial charge in [-0.2, -0.15) is 5.10 Å². The fraction of sp³-hybridized carbons (Fsp3) is 0.233. The molecule has 1 atom stereocenters.